The first-order chi connectivity index (χ1) is 25.6. The van der Waals surface area contributed by atoms with E-state index in [2.05, 4.69) is 35.9 Å². The molecular formula is C45H89N3O4. The van der Waals surface area contributed by atoms with E-state index in [9.17, 15) is 9.59 Å². The first-order valence-electron chi connectivity index (χ1n) is 23.1. The van der Waals surface area contributed by atoms with Gasteiger partial charge in [-0.1, -0.05) is 149 Å². The number of nitrogens with one attached hydrogen (secondary N) is 1. The van der Waals surface area contributed by atoms with Crippen LogP contribution in [0.4, 0.5) is 0 Å². The van der Waals surface area contributed by atoms with E-state index in [4.69, 9.17) is 9.47 Å². The van der Waals surface area contributed by atoms with Crippen LogP contribution in [0.1, 0.15) is 207 Å². The third kappa shape index (κ3) is 32.3. The van der Waals surface area contributed by atoms with Crippen LogP contribution < -0.4 is 5.32 Å². The third-order valence-corrected chi connectivity index (χ3v) is 11.1. The van der Waals surface area contributed by atoms with Crippen molar-refractivity contribution in [3.63, 3.8) is 0 Å². The summed E-state index contributed by atoms with van der Waals surface area (Å²) in [6.07, 6.45) is 34.4. The van der Waals surface area contributed by atoms with Gasteiger partial charge in [-0.25, -0.2) is 0 Å². The van der Waals surface area contributed by atoms with E-state index < -0.39 is 0 Å². The van der Waals surface area contributed by atoms with Gasteiger partial charge in [0.25, 0.3) is 0 Å². The Morgan fingerprint density at radius 2 is 0.942 bits per heavy atom. The Balaban J connectivity index is 2.15. The number of hydrogen-bond acceptors (Lipinski definition) is 7. The van der Waals surface area contributed by atoms with Crippen LogP contribution in [-0.4, -0.2) is 87.3 Å². The molecule has 52 heavy (non-hydrogen) atoms. The molecule has 1 rings (SSSR count). The van der Waals surface area contributed by atoms with Gasteiger partial charge in [0.1, 0.15) is 0 Å². The normalized spacial score (nSPS) is 13.7. The van der Waals surface area contributed by atoms with Crippen LogP contribution in [0.25, 0.3) is 0 Å². The van der Waals surface area contributed by atoms with Gasteiger partial charge >= 0.3 is 11.9 Å². The van der Waals surface area contributed by atoms with Crippen molar-refractivity contribution in [3.05, 3.63) is 0 Å². The highest BCUT2D eigenvalue weighted by molar-refractivity contribution is 5.69. The molecule has 1 saturated heterocycles. The SMILES string of the molecule is CCCCCCCCCCCOC(=O)CCCCCN(CCCCCCCC(=O)OCCCC(CCCCC)CCCCC)CCN1CCNCC1. The number of nitrogens with zero attached hydrogens (tertiary/aromatic N) is 2. The predicted octanol–water partition coefficient (Wildman–Crippen LogP) is 11.3. The van der Waals surface area contributed by atoms with E-state index in [1.165, 1.54) is 128 Å². The second-order valence-electron chi connectivity index (χ2n) is 16.0. The lowest BCUT2D eigenvalue weighted by molar-refractivity contribution is -0.144. The van der Waals surface area contributed by atoms with Crippen LogP contribution in [0.15, 0.2) is 0 Å². The molecule has 0 amide bonds. The van der Waals surface area contributed by atoms with Crippen molar-refractivity contribution >= 4 is 11.9 Å². The molecule has 7 heteroatoms. The number of unbranched alkanes of at least 4 members (excludes halogenated alkanes) is 18. The molecule has 0 aromatic rings. The number of hydrogen-bond donors (Lipinski definition) is 1. The number of esters is 2. The molecule has 0 aliphatic carbocycles. The molecule has 0 spiro atoms. The third-order valence-electron chi connectivity index (χ3n) is 11.1. The molecule has 1 heterocycles. The van der Waals surface area contributed by atoms with E-state index >= 15 is 0 Å². The quantitative estimate of drug-likeness (QED) is 0.0498. The van der Waals surface area contributed by atoms with Crippen molar-refractivity contribution in [2.75, 3.05) is 65.6 Å². The summed E-state index contributed by atoms with van der Waals surface area (Å²) in [7, 11) is 0. The van der Waals surface area contributed by atoms with Crippen LogP contribution in [0.2, 0.25) is 0 Å². The van der Waals surface area contributed by atoms with Gasteiger partial charge in [0.05, 0.1) is 13.2 Å². The fourth-order valence-corrected chi connectivity index (χ4v) is 7.57. The number of piperazine rings is 1. The van der Waals surface area contributed by atoms with Crippen LogP contribution in [0, 0.1) is 5.92 Å². The zero-order valence-corrected chi connectivity index (χ0v) is 35.2. The Kier molecular flexibility index (Phi) is 35.8. The summed E-state index contributed by atoms with van der Waals surface area (Å²) >= 11 is 0. The molecule has 308 valence electrons. The molecule has 1 aliphatic heterocycles. The summed E-state index contributed by atoms with van der Waals surface area (Å²) in [5.41, 5.74) is 0. The zero-order valence-electron chi connectivity index (χ0n) is 35.2. The molecule has 0 saturated carbocycles. The van der Waals surface area contributed by atoms with Gasteiger partial charge in [0.2, 0.25) is 0 Å². The Morgan fingerprint density at radius 1 is 0.519 bits per heavy atom. The molecule has 1 fully saturated rings. The van der Waals surface area contributed by atoms with E-state index in [1.54, 1.807) is 0 Å². The summed E-state index contributed by atoms with van der Waals surface area (Å²) in [5, 5.41) is 3.47. The smallest absolute Gasteiger partial charge is 0.305 e. The number of carbonyl (C=O) groups excluding carboxylic acids is 2. The fourth-order valence-electron chi connectivity index (χ4n) is 7.57. The molecule has 7 nitrogen and oxygen atoms in total. The minimum atomic E-state index is -0.0112. The van der Waals surface area contributed by atoms with E-state index in [0.717, 1.165) is 103 Å². The lowest BCUT2D eigenvalue weighted by Gasteiger charge is -2.30. The minimum Gasteiger partial charge on any atom is -0.466 e. The molecule has 1 aliphatic rings. The van der Waals surface area contributed by atoms with Crippen molar-refractivity contribution < 1.29 is 19.1 Å². The first kappa shape index (κ1) is 48.8. The number of ether oxygens (including phenoxy) is 2. The molecule has 0 aromatic carbocycles. The lowest BCUT2D eigenvalue weighted by Crippen LogP contribution is -2.46. The molecule has 0 aromatic heterocycles. The van der Waals surface area contributed by atoms with E-state index in [-0.39, 0.29) is 11.9 Å². The second kappa shape index (κ2) is 38.1. The van der Waals surface area contributed by atoms with Crippen molar-refractivity contribution in [1.29, 1.82) is 0 Å². The highest BCUT2D eigenvalue weighted by atomic mass is 16.5. The summed E-state index contributed by atoms with van der Waals surface area (Å²) < 4.78 is 11.1. The maximum atomic E-state index is 12.3. The van der Waals surface area contributed by atoms with Crippen LogP contribution in [0.5, 0.6) is 0 Å². The Morgan fingerprint density at radius 3 is 1.50 bits per heavy atom. The van der Waals surface area contributed by atoms with Crippen LogP contribution in [-0.2, 0) is 19.1 Å². The lowest BCUT2D eigenvalue weighted by atomic mass is 9.91. The number of carbonyl (C=O) groups is 2. The van der Waals surface area contributed by atoms with E-state index in [0.29, 0.717) is 26.1 Å². The van der Waals surface area contributed by atoms with Gasteiger partial charge in [-0.05, 0) is 64.0 Å². The van der Waals surface area contributed by atoms with Crippen molar-refractivity contribution in [2.45, 2.75) is 207 Å². The maximum absolute atomic E-state index is 12.3. The first-order valence-corrected chi connectivity index (χ1v) is 23.1. The average molecular weight is 736 g/mol. The van der Waals surface area contributed by atoms with Gasteiger partial charge in [0, 0.05) is 52.1 Å². The Bertz CT molecular complexity index is 766. The Hall–Kier alpha value is -1.18. The topological polar surface area (TPSA) is 71.1 Å². The highest BCUT2D eigenvalue weighted by Crippen LogP contribution is 2.22. The molecule has 0 atom stereocenters. The zero-order chi connectivity index (χ0) is 37.6. The van der Waals surface area contributed by atoms with Gasteiger partial charge in [-0.3, -0.25) is 14.5 Å². The summed E-state index contributed by atoms with van der Waals surface area (Å²) in [4.78, 5) is 29.8. The molecule has 0 radical (unpaired) electrons. The highest BCUT2D eigenvalue weighted by Gasteiger charge is 2.13. The summed E-state index contributed by atoms with van der Waals surface area (Å²) in [6, 6.07) is 0. The van der Waals surface area contributed by atoms with Gasteiger partial charge < -0.3 is 19.7 Å². The van der Waals surface area contributed by atoms with Gasteiger partial charge in [0.15, 0.2) is 0 Å². The second-order valence-corrected chi connectivity index (χ2v) is 16.0. The van der Waals surface area contributed by atoms with Crippen LogP contribution >= 0.6 is 0 Å². The molecular weight excluding hydrogens is 647 g/mol. The summed E-state index contributed by atoms with van der Waals surface area (Å²) in [5.74, 6) is 0.798. The predicted molar refractivity (Wildman–Crippen MR) is 222 cm³/mol. The summed E-state index contributed by atoms with van der Waals surface area (Å²) in [6.45, 7) is 17.1. The van der Waals surface area contributed by atoms with E-state index in [1.807, 2.05) is 0 Å². The molecule has 0 unspecified atom stereocenters. The van der Waals surface area contributed by atoms with Crippen molar-refractivity contribution in [3.8, 4) is 0 Å². The fraction of sp³-hybridized carbons (Fsp3) is 0.956. The molecule has 0 bridgehead atoms. The molecule has 1 N–H and O–H groups in total. The van der Waals surface area contributed by atoms with Gasteiger partial charge in [-0.2, -0.15) is 0 Å². The average Bonchev–Trinajstić information content (AvgIpc) is 3.15. The van der Waals surface area contributed by atoms with Crippen molar-refractivity contribution in [2.24, 2.45) is 5.92 Å². The minimum absolute atomic E-state index is 0.000307. The number of rotatable bonds is 39. The van der Waals surface area contributed by atoms with Gasteiger partial charge in [-0.15, -0.1) is 0 Å². The standard InChI is InChI=1S/C45H89N3O4/c1-4-7-10-11-12-13-14-18-26-41-51-44(49)32-23-19-25-36-47(39-40-48-37-33-46-34-38-48)35-24-17-15-16-22-31-45(50)52-42-27-30-43(28-20-8-5-2)29-21-9-6-3/h43,46H,4-42H2,1-3H3. The monoisotopic (exact) mass is 736 g/mol. The largest absolute Gasteiger partial charge is 0.466 e. The van der Waals surface area contributed by atoms with Crippen molar-refractivity contribution in [1.82, 2.24) is 15.1 Å². The van der Waals surface area contributed by atoms with Crippen LogP contribution in [0.3, 0.4) is 0 Å². The maximum Gasteiger partial charge on any atom is 0.305 e. The Labute approximate surface area is 323 Å².